The number of fused-ring (bicyclic) bond motifs is 2. The Labute approximate surface area is 180 Å². The minimum atomic E-state index is -0.143. The maximum Gasteiger partial charge on any atom is 0.253 e. The summed E-state index contributed by atoms with van der Waals surface area (Å²) >= 11 is 5.97. The van der Waals surface area contributed by atoms with Gasteiger partial charge in [0, 0.05) is 55.6 Å². The van der Waals surface area contributed by atoms with Gasteiger partial charge in [-0.25, -0.2) is 4.98 Å². The molecular formula is C22H25ClN6O. The summed E-state index contributed by atoms with van der Waals surface area (Å²) in [4.78, 5) is 22.2. The molecule has 8 heteroatoms. The summed E-state index contributed by atoms with van der Waals surface area (Å²) in [5, 5.41) is 4.96. The number of nitrogens with zero attached hydrogens (tertiary/aromatic N) is 6. The van der Waals surface area contributed by atoms with Gasteiger partial charge in [-0.2, -0.15) is 5.10 Å². The van der Waals surface area contributed by atoms with Crippen molar-refractivity contribution in [2.24, 2.45) is 7.05 Å². The van der Waals surface area contributed by atoms with Crippen LogP contribution in [-0.4, -0.2) is 61.7 Å². The average Bonchev–Trinajstić information content (AvgIpc) is 3.38. The number of aromatic nitrogens is 4. The zero-order valence-electron chi connectivity index (χ0n) is 17.3. The number of benzene rings is 1. The third-order valence-electron chi connectivity index (χ3n) is 6.63. The van der Waals surface area contributed by atoms with E-state index in [0.29, 0.717) is 23.7 Å². The zero-order valence-corrected chi connectivity index (χ0v) is 18.0. The highest BCUT2D eigenvalue weighted by Gasteiger charge is 2.46. The first-order valence-corrected chi connectivity index (χ1v) is 10.7. The molecule has 0 radical (unpaired) electrons. The quantitative estimate of drug-likeness (QED) is 0.634. The smallest absolute Gasteiger partial charge is 0.253 e. The van der Waals surface area contributed by atoms with Gasteiger partial charge in [-0.05, 0) is 44.2 Å². The molecule has 3 aromatic rings. The number of carbonyl (C=O) groups is 1. The van der Waals surface area contributed by atoms with Crippen LogP contribution in [0.5, 0.6) is 0 Å². The molecular weight excluding hydrogens is 400 g/mol. The van der Waals surface area contributed by atoms with Gasteiger partial charge in [-0.1, -0.05) is 11.6 Å². The molecule has 2 aromatic heterocycles. The van der Waals surface area contributed by atoms with Crippen LogP contribution in [0.2, 0.25) is 5.02 Å². The van der Waals surface area contributed by atoms with Crippen molar-refractivity contribution < 1.29 is 4.79 Å². The first-order chi connectivity index (χ1) is 14.5. The lowest BCUT2D eigenvalue weighted by atomic mass is 9.83. The van der Waals surface area contributed by atoms with Gasteiger partial charge in [-0.3, -0.25) is 14.4 Å². The van der Waals surface area contributed by atoms with Crippen molar-refractivity contribution in [1.29, 1.82) is 0 Å². The second kappa shape index (κ2) is 7.25. The normalized spacial score (nSPS) is 18.6. The van der Waals surface area contributed by atoms with Crippen LogP contribution >= 0.6 is 11.6 Å². The fourth-order valence-electron chi connectivity index (χ4n) is 4.85. The molecule has 2 aliphatic heterocycles. The van der Waals surface area contributed by atoms with E-state index >= 15 is 0 Å². The Bertz CT molecular complexity index is 1080. The first kappa shape index (κ1) is 19.3. The predicted octanol–water partition coefficient (Wildman–Crippen LogP) is 3.01. The van der Waals surface area contributed by atoms with Crippen molar-refractivity contribution in [2.45, 2.75) is 24.9 Å². The Morgan fingerprint density at radius 3 is 2.43 bits per heavy atom. The molecule has 1 amide bonds. The number of rotatable bonds is 2. The van der Waals surface area contributed by atoms with Crippen molar-refractivity contribution in [1.82, 2.24) is 29.1 Å². The fraction of sp³-hybridized carbons (Fsp3) is 0.409. The van der Waals surface area contributed by atoms with Crippen LogP contribution in [0.3, 0.4) is 0 Å². The largest absolute Gasteiger partial charge is 0.338 e. The number of aryl methyl sites for hydroxylation is 1. The third-order valence-corrected chi connectivity index (χ3v) is 6.88. The second-order valence-corrected chi connectivity index (χ2v) is 8.71. The summed E-state index contributed by atoms with van der Waals surface area (Å²) in [5.74, 6) is 1.17. The van der Waals surface area contributed by atoms with Crippen LogP contribution in [0.1, 0.15) is 29.0 Å². The number of hydrogen-bond donors (Lipinski definition) is 0. The lowest BCUT2D eigenvalue weighted by molar-refractivity contribution is 0.0101. The van der Waals surface area contributed by atoms with E-state index in [1.54, 1.807) is 24.3 Å². The average molecular weight is 425 g/mol. The molecule has 0 N–H and O–H groups in total. The Hall–Kier alpha value is -2.64. The molecule has 0 atom stereocenters. The molecule has 1 fully saturated rings. The maximum atomic E-state index is 12.9. The Balaban J connectivity index is 1.40. The van der Waals surface area contributed by atoms with E-state index < -0.39 is 0 Å². The van der Waals surface area contributed by atoms with Crippen LogP contribution in [0, 0.1) is 0 Å². The third kappa shape index (κ3) is 3.04. The maximum absolute atomic E-state index is 12.9. The lowest BCUT2D eigenvalue weighted by Crippen LogP contribution is -2.57. The Morgan fingerprint density at radius 1 is 1.03 bits per heavy atom. The molecule has 4 heterocycles. The topological polar surface area (TPSA) is 59.2 Å². The van der Waals surface area contributed by atoms with Crippen LogP contribution < -0.4 is 0 Å². The van der Waals surface area contributed by atoms with Crippen molar-refractivity contribution in [3.05, 3.63) is 59.3 Å². The van der Waals surface area contributed by atoms with Crippen LogP contribution in [-0.2, 0) is 19.1 Å². The van der Waals surface area contributed by atoms with E-state index in [4.69, 9.17) is 16.6 Å². The summed E-state index contributed by atoms with van der Waals surface area (Å²) in [5.41, 5.74) is 2.75. The summed E-state index contributed by atoms with van der Waals surface area (Å²) in [6.45, 7) is 3.29. The van der Waals surface area contributed by atoms with Crippen LogP contribution in [0.25, 0.3) is 11.3 Å². The van der Waals surface area contributed by atoms with E-state index in [-0.39, 0.29) is 11.4 Å². The highest BCUT2D eigenvalue weighted by Crippen LogP contribution is 2.41. The molecule has 0 aliphatic carbocycles. The van der Waals surface area contributed by atoms with Crippen molar-refractivity contribution in [3.63, 3.8) is 0 Å². The number of imidazole rings is 1. The molecule has 2 aliphatic rings. The molecule has 0 unspecified atom stereocenters. The number of likely N-dealkylation sites (tertiary alicyclic amines) is 1. The molecule has 5 rings (SSSR count). The number of carbonyl (C=O) groups excluding carboxylic acids is 1. The van der Waals surface area contributed by atoms with Gasteiger partial charge in [0.1, 0.15) is 5.82 Å². The van der Waals surface area contributed by atoms with Crippen LogP contribution in [0.15, 0.2) is 42.9 Å². The summed E-state index contributed by atoms with van der Waals surface area (Å²) < 4.78 is 4.16. The highest BCUT2D eigenvalue weighted by atomic mass is 35.5. The van der Waals surface area contributed by atoms with Gasteiger partial charge in [-0.15, -0.1) is 0 Å². The minimum absolute atomic E-state index is 0.0689. The number of halogens is 1. The molecule has 0 bridgehead atoms. The molecule has 1 aromatic carbocycles. The van der Waals surface area contributed by atoms with Gasteiger partial charge in [0.05, 0.1) is 23.6 Å². The summed E-state index contributed by atoms with van der Waals surface area (Å²) in [7, 11) is 4.11. The van der Waals surface area contributed by atoms with Crippen molar-refractivity contribution in [2.75, 3.05) is 26.7 Å². The SMILES string of the molecule is CN1CCn2c(-c3cnn(C)c3)cnc2C12CCN(C(=O)c1ccc(Cl)cc1)CC2. The number of amides is 1. The molecule has 1 saturated heterocycles. The molecule has 156 valence electrons. The van der Waals surface area contributed by atoms with E-state index in [1.165, 1.54) is 0 Å². The van der Waals surface area contributed by atoms with Crippen molar-refractivity contribution in [3.8, 4) is 11.3 Å². The fourth-order valence-corrected chi connectivity index (χ4v) is 4.98. The molecule has 1 spiro atoms. The predicted molar refractivity (Wildman–Crippen MR) is 115 cm³/mol. The molecule has 30 heavy (non-hydrogen) atoms. The van der Waals surface area contributed by atoms with Gasteiger partial charge < -0.3 is 9.47 Å². The van der Waals surface area contributed by atoms with Gasteiger partial charge in [0.2, 0.25) is 0 Å². The van der Waals surface area contributed by atoms with Crippen LogP contribution in [0.4, 0.5) is 0 Å². The summed E-state index contributed by atoms with van der Waals surface area (Å²) in [6.07, 6.45) is 7.63. The van der Waals surface area contributed by atoms with Gasteiger partial charge in [0.15, 0.2) is 0 Å². The first-order valence-electron chi connectivity index (χ1n) is 10.3. The Morgan fingerprint density at radius 2 is 1.77 bits per heavy atom. The van der Waals surface area contributed by atoms with Gasteiger partial charge in [0.25, 0.3) is 5.91 Å². The molecule has 0 saturated carbocycles. The molecule has 7 nitrogen and oxygen atoms in total. The van der Waals surface area contributed by atoms with E-state index in [2.05, 4.69) is 21.6 Å². The zero-order chi connectivity index (χ0) is 20.9. The van der Waals surface area contributed by atoms with E-state index in [9.17, 15) is 4.79 Å². The summed E-state index contributed by atoms with van der Waals surface area (Å²) in [6, 6.07) is 7.14. The monoisotopic (exact) mass is 424 g/mol. The second-order valence-electron chi connectivity index (χ2n) is 8.27. The highest BCUT2D eigenvalue weighted by molar-refractivity contribution is 6.30. The standard InChI is InChI=1S/C22H25ClN6O/c1-26-11-12-29-19(17-13-25-27(2)15-17)14-24-21(29)22(26)7-9-28(10-8-22)20(30)16-3-5-18(23)6-4-16/h3-6,13-15H,7-12H2,1-2H3. The lowest BCUT2D eigenvalue weighted by Gasteiger charge is -2.49. The van der Waals surface area contributed by atoms with E-state index in [0.717, 1.165) is 43.0 Å². The number of piperidine rings is 1. The van der Waals surface area contributed by atoms with E-state index in [1.807, 2.05) is 35.2 Å². The van der Waals surface area contributed by atoms with Crippen molar-refractivity contribution >= 4 is 17.5 Å². The number of hydrogen-bond acceptors (Lipinski definition) is 4. The van der Waals surface area contributed by atoms with Gasteiger partial charge >= 0.3 is 0 Å². The minimum Gasteiger partial charge on any atom is -0.338 e. The number of likely N-dealkylation sites (N-methyl/N-ethyl adjacent to an activating group) is 1. The Kier molecular flexibility index (Phi) is 4.67.